The topological polar surface area (TPSA) is 139 Å². The highest BCUT2D eigenvalue weighted by atomic mass is 32.2. The molecule has 1 aromatic rings. The minimum Gasteiger partial charge on any atom is -0.370 e. The average molecular weight is 370 g/mol. The lowest BCUT2D eigenvalue weighted by molar-refractivity contribution is -0.130. The minimum atomic E-state index is -3.85. The number of nitrogens with one attached hydrogen (secondary N) is 2. The third-order valence-electron chi connectivity index (χ3n) is 3.36. The van der Waals surface area contributed by atoms with Gasteiger partial charge in [-0.25, -0.2) is 8.42 Å². The second kappa shape index (κ2) is 9.14. The molecule has 25 heavy (non-hydrogen) atoms. The van der Waals surface area contributed by atoms with Gasteiger partial charge in [-0.3, -0.25) is 14.4 Å². The van der Waals surface area contributed by atoms with Crippen molar-refractivity contribution in [2.75, 3.05) is 20.1 Å². The Kier molecular flexibility index (Phi) is 7.52. The van der Waals surface area contributed by atoms with Gasteiger partial charge in [0.05, 0.1) is 17.9 Å². The van der Waals surface area contributed by atoms with E-state index in [-0.39, 0.29) is 17.9 Å². The van der Waals surface area contributed by atoms with E-state index in [0.717, 1.165) is 4.31 Å². The van der Waals surface area contributed by atoms with Crippen LogP contribution in [0.5, 0.6) is 0 Å². The van der Waals surface area contributed by atoms with Gasteiger partial charge in [0.25, 0.3) is 0 Å². The number of rotatable bonds is 9. The predicted molar refractivity (Wildman–Crippen MR) is 90.7 cm³/mol. The third-order valence-corrected chi connectivity index (χ3v) is 5.29. The van der Waals surface area contributed by atoms with Gasteiger partial charge in [-0.2, -0.15) is 4.31 Å². The van der Waals surface area contributed by atoms with E-state index < -0.39 is 40.3 Å². The molecule has 9 nitrogen and oxygen atoms in total. The van der Waals surface area contributed by atoms with Crippen molar-refractivity contribution in [2.45, 2.75) is 24.3 Å². The number of hydrogen-bond donors (Lipinski definition) is 3. The number of carbonyl (C=O) groups excluding carboxylic acids is 3. The molecule has 0 radical (unpaired) electrons. The summed E-state index contributed by atoms with van der Waals surface area (Å²) >= 11 is 0. The van der Waals surface area contributed by atoms with Gasteiger partial charge in [-0.1, -0.05) is 25.1 Å². The first kappa shape index (κ1) is 20.6. The quantitative estimate of drug-likeness (QED) is 0.501. The van der Waals surface area contributed by atoms with Crippen LogP contribution in [0.3, 0.4) is 0 Å². The van der Waals surface area contributed by atoms with E-state index in [1.54, 1.807) is 25.1 Å². The fourth-order valence-electron chi connectivity index (χ4n) is 2.09. The van der Waals surface area contributed by atoms with E-state index in [1.165, 1.54) is 19.2 Å². The average Bonchev–Trinajstić information content (AvgIpc) is 2.58. The molecular weight excluding hydrogens is 348 g/mol. The Hall–Kier alpha value is -2.46. The molecule has 1 aromatic carbocycles. The molecule has 0 heterocycles. The first-order valence-electron chi connectivity index (χ1n) is 7.56. The van der Waals surface area contributed by atoms with Gasteiger partial charge in [-0.15, -0.1) is 0 Å². The van der Waals surface area contributed by atoms with Crippen molar-refractivity contribution in [2.24, 2.45) is 5.73 Å². The zero-order chi connectivity index (χ0) is 19.0. The number of amides is 3. The third kappa shape index (κ3) is 5.84. The monoisotopic (exact) mass is 370 g/mol. The highest BCUT2D eigenvalue weighted by Crippen LogP contribution is 2.14. The van der Waals surface area contributed by atoms with Gasteiger partial charge in [-0.05, 0) is 12.1 Å². The van der Waals surface area contributed by atoms with Crippen LogP contribution in [0.25, 0.3) is 0 Å². The summed E-state index contributed by atoms with van der Waals surface area (Å²) in [6.45, 7) is 1.17. The second-order valence-corrected chi connectivity index (χ2v) is 7.09. The zero-order valence-electron chi connectivity index (χ0n) is 14.1. The molecule has 0 fully saturated rings. The molecule has 0 aliphatic heterocycles. The van der Waals surface area contributed by atoms with Gasteiger partial charge in [0.1, 0.15) is 6.04 Å². The van der Waals surface area contributed by atoms with Crippen LogP contribution in [-0.2, 0) is 24.4 Å². The molecule has 0 bridgehead atoms. The largest absolute Gasteiger partial charge is 0.370 e. The molecule has 4 N–H and O–H groups in total. The van der Waals surface area contributed by atoms with Crippen molar-refractivity contribution in [3.8, 4) is 0 Å². The summed E-state index contributed by atoms with van der Waals surface area (Å²) in [5.74, 6) is -2.07. The molecule has 0 aliphatic rings. The smallest absolute Gasteiger partial charge is 0.243 e. The van der Waals surface area contributed by atoms with Crippen LogP contribution < -0.4 is 16.4 Å². The van der Waals surface area contributed by atoms with Gasteiger partial charge in [0.15, 0.2) is 0 Å². The van der Waals surface area contributed by atoms with Crippen LogP contribution in [-0.4, -0.2) is 56.6 Å². The zero-order valence-corrected chi connectivity index (χ0v) is 14.9. The lowest BCUT2D eigenvalue weighted by Crippen LogP contribution is -2.50. The first-order valence-corrected chi connectivity index (χ1v) is 9.00. The van der Waals surface area contributed by atoms with Crippen molar-refractivity contribution in [1.82, 2.24) is 14.9 Å². The van der Waals surface area contributed by atoms with Gasteiger partial charge in [0, 0.05) is 13.6 Å². The number of hydrogen-bond acceptors (Lipinski definition) is 5. The Bertz CT molecular complexity index is 721. The summed E-state index contributed by atoms with van der Waals surface area (Å²) in [5, 5.41) is 4.64. The fraction of sp³-hybridized carbons (Fsp3) is 0.400. The second-order valence-electron chi connectivity index (χ2n) is 5.15. The molecule has 1 atom stereocenters. The van der Waals surface area contributed by atoms with E-state index >= 15 is 0 Å². The van der Waals surface area contributed by atoms with Crippen LogP contribution in [0.1, 0.15) is 13.3 Å². The molecule has 0 spiro atoms. The standard InChI is InChI=1S/C15H22N4O5S/c1-3-19(25(23,24)11-7-5-4-6-8-11)10-14(21)18-12(9-13(16)20)15(22)17-2/h4-8,12H,3,9-10H2,1-2H3,(H2,16,20)(H,17,22)(H,18,21)/t12-/m0/s1. The van der Waals surface area contributed by atoms with Gasteiger partial charge >= 0.3 is 0 Å². The lowest BCUT2D eigenvalue weighted by atomic mass is 10.2. The van der Waals surface area contributed by atoms with Crippen molar-refractivity contribution in [3.63, 3.8) is 0 Å². The minimum absolute atomic E-state index is 0.0598. The van der Waals surface area contributed by atoms with Crippen molar-refractivity contribution in [1.29, 1.82) is 0 Å². The highest BCUT2D eigenvalue weighted by molar-refractivity contribution is 7.89. The van der Waals surface area contributed by atoms with Gasteiger partial charge in [0.2, 0.25) is 27.7 Å². The van der Waals surface area contributed by atoms with Crippen LogP contribution in [0.15, 0.2) is 35.2 Å². The molecular formula is C15H22N4O5S. The number of primary amides is 1. The number of likely N-dealkylation sites (N-methyl/N-ethyl adjacent to an activating group) is 2. The molecule has 1 rings (SSSR count). The number of nitrogens with zero attached hydrogens (tertiary/aromatic N) is 1. The lowest BCUT2D eigenvalue weighted by Gasteiger charge is -2.22. The first-order chi connectivity index (χ1) is 11.7. The van der Waals surface area contributed by atoms with E-state index in [1.807, 2.05) is 0 Å². The predicted octanol–water partition coefficient (Wildman–Crippen LogP) is -1.20. The van der Waals surface area contributed by atoms with E-state index in [4.69, 9.17) is 5.73 Å². The van der Waals surface area contributed by atoms with Crippen LogP contribution in [0.4, 0.5) is 0 Å². The Labute approximate surface area is 146 Å². The van der Waals surface area contributed by atoms with E-state index in [0.29, 0.717) is 0 Å². The summed E-state index contributed by atoms with van der Waals surface area (Å²) in [7, 11) is -2.50. The van der Waals surface area contributed by atoms with E-state index in [9.17, 15) is 22.8 Å². The number of nitrogens with two attached hydrogens (primary N) is 1. The summed E-state index contributed by atoms with van der Waals surface area (Å²) in [6, 6.07) is 6.53. The maximum atomic E-state index is 12.5. The van der Waals surface area contributed by atoms with Crippen LogP contribution in [0.2, 0.25) is 0 Å². The molecule has 138 valence electrons. The molecule has 0 saturated carbocycles. The maximum absolute atomic E-state index is 12.5. The van der Waals surface area contributed by atoms with Crippen molar-refractivity contribution >= 4 is 27.7 Å². The normalized spacial score (nSPS) is 12.4. The molecule has 0 unspecified atom stereocenters. The molecule has 0 aromatic heterocycles. The highest BCUT2D eigenvalue weighted by Gasteiger charge is 2.27. The Balaban J connectivity index is 2.88. The van der Waals surface area contributed by atoms with Crippen LogP contribution in [0, 0.1) is 0 Å². The molecule has 0 aliphatic carbocycles. The Morgan fingerprint density at radius 1 is 1.20 bits per heavy atom. The summed E-state index contributed by atoms with van der Waals surface area (Å²) in [5.41, 5.74) is 5.06. The maximum Gasteiger partial charge on any atom is 0.243 e. The van der Waals surface area contributed by atoms with Gasteiger partial charge < -0.3 is 16.4 Å². The van der Waals surface area contributed by atoms with Crippen molar-refractivity contribution in [3.05, 3.63) is 30.3 Å². The number of sulfonamides is 1. The molecule has 3 amide bonds. The summed E-state index contributed by atoms with van der Waals surface area (Å²) < 4.78 is 26.1. The summed E-state index contributed by atoms with van der Waals surface area (Å²) in [4.78, 5) is 34.9. The SMILES string of the molecule is CCN(CC(=O)N[C@@H](CC(N)=O)C(=O)NC)S(=O)(=O)c1ccccc1. The Morgan fingerprint density at radius 2 is 1.80 bits per heavy atom. The molecule has 10 heteroatoms. The fourth-order valence-corrected chi connectivity index (χ4v) is 3.52. The molecule has 0 saturated heterocycles. The van der Waals surface area contributed by atoms with Crippen molar-refractivity contribution < 1.29 is 22.8 Å². The Morgan fingerprint density at radius 3 is 2.28 bits per heavy atom. The summed E-state index contributed by atoms with van der Waals surface area (Å²) in [6.07, 6.45) is -0.386. The number of carbonyl (C=O) groups is 3. The van der Waals surface area contributed by atoms with E-state index in [2.05, 4.69) is 10.6 Å². The van der Waals surface area contributed by atoms with Crippen LogP contribution >= 0.6 is 0 Å². The number of benzene rings is 1.